The molecule has 1 aliphatic rings. The number of thiazole rings is 1. The lowest BCUT2D eigenvalue weighted by atomic mass is 10.1. The van der Waals surface area contributed by atoms with E-state index in [1.807, 2.05) is 50.2 Å². The van der Waals surface area contributed by atoms with Crippen molar-refractivity contribution in [3.63, 3.8) is 0 Å². The van der Waals surface area contributed by atoms with Crippen molar-refractivity contribution in [2.24, 2.45) is 0 Å². The van der Waals surface area contributed by atoms with Gasteiger partial charge in [-0.05, 0) is 62.6 Å². The lowest BCUT2D eigenvalue weighted by molar-refractivity contribution is 0.102. The van der Waals surface area contributed by atoms with Gasteiger partial charge in [-0.2, -0.15) is 0 Å². The predicted octanol–water partition coefficient (Wildman–Crippen LogP) is 6.29. The minimum atomic E-state index is -0.119. The zero-order valence-electron chi connectivity index (χ0n) is 19.4. The number of nitrogens with one attached hydrogen (secondary N) is 1. The van der Waals surface area contributed by atoms with Crippen LogP contribution in [0.15, 0.2) is 52.7 Å². The van der Waals surface area contributed by atoms with Gasteiger partial charge in [0.1, 0.15) is 5.82 Å². The molecule has 0 saturated carbocycles. The fraction of sp³-hybridized carbons (Fsp3) is 0.308. The Labute approximate surface area is 207 Å². The topological polar surface area (TPSA) is 72.7 Å². The average Bonchev–Trinajstić information content (AvgIpc) is 3.37. The van der Waals surface area contributed by atoms with E-state index in [-0.39, 0.29) is 5.91 Å². The minimum Gasteiger partial charge on any atom is -0.322 e. The van der Waals surface area contributed by atoms with Crippen molar-refractivity contribution in [3.05, 3.63) is 75.5 Å². The number of hydrogen-bond donors (Lipinski definition) is 1. The Hall–Kier alpha value is -2.97. The van der Waals surface area contributed by atoms with Gasteiger partial charge in [0.2, 0.25) is 0 Å². The third-order valence-electron chi connectivity index (χ3n) is 6.02. The van der Waals surface area contributed by atoms with Gasteiger partial charge in [-0.3, -0.25) is 4.79 Å². The Morgan fingerprint density at radius 3 is 2.74 bits per heavy atom. The first-order chi connectivity index (χ1) is 16.6. The molecule has 8 heteroatoms. The van der Waals surface area contributed by atoms with Crippen LogP contribution in [0.4, 0.5) is 5.69 Å². The minimum absolute atomic E-state index is 0.119. The standard InChI is InChI=1S/C26H27N5OS2/c1-17-7-8-20(25-30-29-24-6-4-3-5-13-31(24)25)14-23(17)28-26(32)19-9-11-22(12-10-19)34-16-21-15-33-18(2)27-21/h7-12,14-15H,3-6,13,16H2,1-2H3,(H,28,32). The molecule has 2 aromatic carbocycles. The molecule has 0 bridgehead atoms. The molecule has 4 aromatic rings. The Morgan fingerprint density at radius 2 is 1.94 bits per heavy atom. The van der Waals surface area contributed by atoms with Crippen LogP contribution in [0, 0.1) is 13.8 Å². The van der Waals surface area contributed by atoms with E-state index in [2.05, 4.69) is 36.5 Å². The van der Waals surface area contributed by atoms with Crippen LogP contribution in [-0.2, 0) is 18.7 Å². The Bertz CT molecular complexity index is 1310. The highest BCUT2D eigenvalue weighted by atomic mass is 32.2. The molecule has 0 unspecified atom stereocenters. The summed E-state index contributed by atoms with van der Waals surface area (Å²) in [7, 11) is 0. The van der Waals surface area contributed by atoms with E-state index in [9.17, 15) is 4.79 Å². The number of aromatic nitrogens is 4. The second-order valence-electron chi connectivity index (χ2n) is 8.56. The summed E-state index contributed by atoms with van der Waals surface area (Å²) in [4.78, 5) is 18.6. The molecule has 0 atom stereocenters. The van der Waals surface area contributed by atoms with Crippen molar-refractivity contribution in [1.29, 1.82) is 0 Å². The van der Waals surface area contributed by atoms with Crippen LogP contribution in [-0.4, -0.2) is 25.7 Å². The molecular weight excluding hydrogens is 462 g/mol. The third kappa shape index (κ3) is 5.08. The van der Waals surface area contributed by atoms with Crippen molar-refractivity contribution in [1.82, 2.24) is 19.7 Å². The first-order valence-corrected chi connectivity index (χ1v) is 13.4. The van der Waals surface area contributed by atoms with Crippen molar-refractivity contribution in [3.8, 4) is 11.4 Å². The van der Waals surface area contributed by atoms with Gasteiger partial charge in [0.25, 0.3) is 5.91 Å². The molecule has 5 rings (SSSR count). The molecule has 3 heterocycles. The lowest BCUT2D eigenvalue weighted by Crippen LogP contribution is -2.13. The van der Waals surface area contributed by atoms with Crippen molar-refractivity contribution in [2.45, 2.75) is 56.7 Å². The highest BCUT2D eigenvalue weighted by Gasteiger charge is 2.17. The molecule has 1 N–H and O–H groups in total. The first-order valence-electron chi connectivity index (χ1n) is 11.5. The van der Waals surface area contributed by atoms with Gasteiger partial charge in [-0.15, -0.1) is 33.3 Å². The number of amides is 1. The van der Waals surface area contributed by atoms with E-state index in [1.165, 1.54) is 6.42 Å². The summed E-state index contributed by atoms with van der Waals surface area (Å²) < 4.78 is 2.23. The Morgan fingerprint density at radius 1 is 1.09 bits per heavy atom. The number of nitrogens with zero attached hydrogens (tertiary/aromatic N) is 4. The summed E-state index contributed by atoms with van der Waals surface area (Å²) in [6, 6.07) is 13.8. The fourth-order valence-electron chi connectivity index (χ4n) is 4.12. The molecule has 2 aromatic heterocycles. The van der Waals surface area contributed by atoms with E-state index in [1.54, 1.807) is 23.1 Å². The van der Waals surface area contributed by atoms with Gasteiger partial charge in [-0.1, -0.05) is 18.6 Å². The molecule has 0 aliphatic carbocycles. The van der Waals surface area contributed by atoms with Gasteiger partial charge < -0.3 is 9.88 Å². The van der Waals surface area contributed by atoms with Crippen LogP contribution >= 0.6 is 23.1 Å². The number of aryl methyl sites for hydroxylation is 3. The molecule has 0 saturated heterocycles. The van der Waals surface area contributed by atoms with Crippen LogP contribution in [0.25, 0.3) is 11.4 Å². The van der Waals surface area contributed by atoms with Crippen LogP contribution in [0.1, 0.15) is 51.7 Å². The van der Waals surface area contributed by atoms with E-state index in [0.29, 0.717) is 5.56 Å². The quantitative estimate of drug-likeness (QED) is 0.322. The van der Waals surface area contributed by atoms with Crippen LogP contribution in [0.3, 0.4) is 0 Å². The molecule has 0 spiro atoms. The average molecular weight is 490 g/mol. The van der Waals surface area contributed by atoms with E-state index < -0.39 is 0 Å². The van der Waals surface area contributed by atoms with Crippen molar-refractivity contribution < 1.29 is 4.79 Å². The third-order valence-corrected chi connectivity index (χ3v) is 7.89. The van der Waals surface area contributed by atoms with Gasteiger partial charge in [-0.25, -0.2) is 4.98 Å². The molecule has 1 amide bonds. The smallest absolute Gasteiger partial charge is 0.255 e. The largest absolute Gasteiger partial charge is 0.322 e. The molecule has 174 valence electrons. The number of fused-ring (bicyclic) bond motifs is 1. The summed E-state index contributed by atoms with van der Waals surface area (Å²) in [5.41, 5.74) is 4.51. The van der Waals surface area contributed by atoms with E-state index in [0.717, 1.165) is 75.6 Å². The number of carbonyl (C=O) groups is 1. The number of benzene rings is 2. The normalized spacial score (nSPS) is 13.4. The van der Waals surface area contributed by atoms with E-state index >= 15 is 0 Å². The number of rotatable bonds is 6. The monoisotopic (exact) mass is 489 g/mol. The maximum absolute atomic E-state index is 13.0. The fourth-order valence-corrected chi connectivity index (χ4v) is 5.63. The molecule has 0 fully saturated rings. The number of anilines is 1. The highest BCUT2D eigenvalue weighted by molar-refractivity contribution is 7.98. The number of hydrogen-bond acceptors (Lipinski definition) is 6. The summed E-state index contributed by atoms with van der Waals surface area (Å²) >= 11 is 3.39. The van der Waals surface area contributed by atoms with Gasteiger partial charge in [0, 0.05) is 45.8 Å². The molecule has 6 nitrogen and oxygen atoms in total. The second kappa shape index (κ2) is 10.1. The zero-order chi connectivity index (χ0) is 23.5. The van der Waals surface area contributed by atoms with Crippen LogP contribution in [0.2, 0.25) is 0 Å². The molecule has 34 heavy (non-hydrogen) atoms. The van der Waals surface area contributed by atoms with Crippen molar-refractivity contribution in [2.75, 3.05) is 5.32 Å². The van der Waals surface area contributed by atoms with Crippen LogP contribution < -0.4 is 5.32 Å². The highest BCUT2D eigenvalue weighted by Crippen LogP contribution is 2.28. The first kappa shape index (κ1) is 22.8. The Balaban J connectivity index is 1.29. The summed E-state index contributed by atoms with van der Waals surface area (Å²) in [5.74, 6) is 2.64. The summed E-state index contributed by atoms with van der Waals surface area (Å²) in [6.07, 6.45) is 4.50. The van der Waals surface area contributed by atoms with Crippen molar-refractivity contribution >= 4 is 34.7 Å². The van der Waals surface area contributed by atoms with Gasteiger partial charge in [0.05, 0.1) is 10.7 Å². The SMILES string of the molecule is Cc1nc(CSc2ccc(C(=O)Nc3cc(-c4nnc5n4CCCCC5)ccc3C)cc2)cs1. The summed E-state index contributed by atoms with van der Waals surface area (Å²) in [5, 5.41) is 15.1. The van der Waals surface area contributed by atoms with E-state index in [4.69, 9.17) is 0 Å². The van der Waals surface area contributed by atoms with Gasteiger partial charge in [0.15, 0.2) is 5.82 Å². The molecular formula is C26H27N5OS2. The second-order valence-corrected chi connectivity index (χ2v) is 10.7. The zero-order valence-corrected chi connectivity index (χ0v) is 21.0. The number of thioether (sulfide) groups is 1. The Kier molecular flexibility index (Phi) is 6.78. The molecule has 1 aliphatic heterocycles. The molecule has 0 radical (unpaired) electrons. The van der Waals surface area contributed by atoms with Gasteiger partial charge >= 0.3 is 0 Å². The number of carbonyl (C=O) groups excluding carboxylic acids is 1. The summed E-state index contributed by atoms with van der Waals surface area (Å²) in [6.45, 7) is 4.97. The maximum Gasteiger partial charge on any atom is 0.255 e. The maximum atomic E-state index is 13.0. The lowest BCUT2D eigenvalue weighted by Gasteiger charge is -2.12. The van der Waals surface area contributed by atoms with Crippen LogP contribution in [0.5, 0.6) is 0 Å². The predicted molar refractivity (Wildman–Crippen MR) is 139 cm³/mol.